The first kappa shape index (κ1) is 15.1. The van der Waals surface area contributed by atoms with E-state index in [1.807, 2.05) is 0 Å². The van der Waals surface area contributed by atoms with E-state index < -0.39 is 0 Å². The predicted molar refractivity (Wildman–Crippen MR) is 87.8 cm³/mol. The van der Waals surface area contributed by atoms with Crippen molar-refractivity contribution in [3.63, 3.8) is 0 Å². The molecule has 0 fully saturated rings. The molecule has 0 aliphatic rings. The first-order chi connectivity index (χ1) is 9.81. The Kier molecular flexibility index (Phi) is 6.12. The zero-order valence-corrected chi connectivity index (χ0v) is 12.8. The van der Waals surface area contributed by atoms with Crippen molar-refractivity contribution in [3.05, 3.63) is 65.7 Å². The Morgan fingerprint density at radius 3 is 2.05 bits per heavy atom. The smallest absolute Gasteiger partial charge is 0.0237 e. The van der Waals surface area contributed by atoms with Gasteiger partial charge in [-0.25, -0.2) is 0 Å². The van der Waals surface area contributed by atoms with Gasteiger partial charge in [0.1, 0.15) is 0 Å². The van der Waals surface area contributed by atoms with Crippen LogP contribution in [0.1, 0.15) is 11.1 Å². The fourth-order valence-electron chi connectivity index (χ4n) is 2.23. The van der Waals surface area contributed by atoms with Crippen molar-refractivity contribution in [3.8, 4) is 0 Å². The van der Waals surface area contributed by atoms with Crippen LogP contribution in [-0.2, 0) is 13.1 Å². The molecule has 0 bridgehead atoms. The quantitative estimate of drug-likeness (QED) is 0.791. The Morgan fingerprint density at radius 1 is 0.900 bits per heavy atom. The van der Waals surface area contributed by atoms with Crippen LogP contribution in [-0.4, -0.2) is 24.2 Å². The molecule has 2 rings (SSSR count). The van der Waals surface area contributed by atoms with Crippen LogP contribution < -0.4 is 5.73 Å². The van der Waals surface area contributed by atoms with Crippen molar-refractivity contribution in [1.82, 2.24) is 4.90 Å². The fourth-order valence-corrected chi connectivity index (χ4v) is 2.64. The van der Waals surface area contributed by atoms with Gasteiger partial charge in [-0.05, 0) is 29.5 Å². The van der Waals surface area contributed by atoms with E-state index in [0.29, 0.717) is 6.54 Å². The molecule has 0 spiro atoms. The summed E-state index contributed by atoms with van der Waals surface area (Å²) in [5.74, 6) is 0. The lowest BCUT2D eigenvalue weighted by atomic mass is 10.1. The van der Waals surface area contributed by atoms with E-state index in [1.165, 1.54) is 16.0 Å². The van der Waals surface area contributed by atoms with E-state index >= 15 is 0 Å². The third-order valence-electron chi connectivity index (χ3n) is 3.26. The Balaban J connectivity index is 2.00. The minimum absolute atomic E-state index is 0.690. The lowest BCUT2D eigenvalue weighted by Gasteiger charge is -2.22. The first-order valence-corrected chi connectivity index (χ1v) is 8.13. The van der Waals surface area contributed by atoms with Crippen LogP contribution in [0.5, 0.6) is 0 Å². The molecule has 0 aromatic heterocycles. The van der Waals surface area contributed by atoms with Gasteiger partial charge in [-0.15, -0.1) is 11.8 Å². The molecule has 3 heteroatoms. The lowest BCUT2D eigenvalue weighted by Crippen LogP contribution is -2.28. The van der Waals surface area contributed by atoms with Crippen LogP contribution in [0.3, 0.4) is 0 Å². The average Bonchev–Trinajstić information content (AvgIpc) is 2.49. The molecule has 0 saturated heterocycles. The minimum Gasteiger partial charge on any atom is -0.329 e. The molecule has 0 saturated carbocycles. The summed E-state index contributed by atoms with van der Waals surface area (Å²) in [7, 11) is 0. The van der Waals surface area contributed by atoms with Crippen molar-refractivity contribution in [1.29, 1.82) is 0 Å². The number of rotatable bonds is 7. The van der Waals surface area contributed by atoms with Gasteiger partial charge in [0.2, 0.25) is 0 Å². The summed E-state index contributed by atoms with van der Waals surface area (Å²) < 4.78 is 0. The Morgan fingerprint density at radius 2 is 1.50 bits per heavy atom. The van der Waals surface area contributed by atoms with Crippen molar-refractivity contribution in [2.24, 2.45) is 5.73 Å². The molecule has 2 N–H and O–H groups in total. The molecule has 0 heterocycles. The van der Waals surface area contributed by atoms with Crippen LogP contribution >= 0.6 is 11.8 Å². The standard InChI is InChI=1S/C17H22N2S/c1-20-17-9-7-16(8-10-17)14-19(12-11-18)13-15-5-3-2-4-6-15/h2-10H,11-14,18H2,1H3. The lowest BCUT2D eigenvalue weighted by molar-refractivity contribution is 0.264. The Hall–Kier alpha value is -1.29. The van der Waals surface area contributed by atoms with E-state index in [9.17, 15) is 0 Å². The molecule has 0 radical (unpaired) electrons. The van der Waals surface area contributed by atoms with Gasteiger partial charge in [-0.3, -0.25) is 4.90 Å². The molecule has 106 valence electrons. The molecule has 0 amide bonds. The third-order valence-corrected chi connectivity index (χ3v) is 4.00. The molecule has 0 aliphatic heterocycles. The second-order valence-corrected chi connectivity index (χ2v) is 5.71. The summed E-state index contributed by atoms with van der Waals surface area (Å²) in [6, 6.07) is 19.3. The van der Waals surface area contributed by atoms with Crippen molar-refractivity contribution < 1.29 is 0 Å². The summed E-state index contributed by atoms with van der Waals surface area (Å²) in [5.41, 5.74) is 8.41. The Labute approximate surface area is 126 Å². The zero-order chi connectivity index (χ0) is 14.2. The van der Waals surface area contributed by atoms with Gasteiger partial charge in [0, 0.05) is 31.1 Å². The molecule has 2 nitrogen and oxygen atoms in total. The van der Waals surface area contributed by atoms with Gasteiger partial charge in [-0.1, -0.05) is 42.5 Å². The van der Waals surface area contributed by atoms with E-state index in [2.05, 4.69) is 65.8 Å². The number of hydrogen-bond acceptors (Lipinski definition) is 3. The van der Waals surface area contributed by atoms with Crippen LogP contribution in [0.15, 0.2) is 59.5 Å². The van der Waals surface area contributed by atoms with Crippen LogP contribution in [0.25, 0.3) is 0 Å². The maximum absolute atomic E-state index is 5.74. The summed E-state index contributed by atoms with van der Waals surface area (Å²) in [6.07, 6.45) is 2.10. The SMILES string of the molecule is CSc1ccc(CN(CCN)Cc2ccccc2)cc1. The molecular formula is C17H22N2S. The van der Waals surface area contributed by atoms with Crippen molar-refractivity contribution in [2.45, 2.75) is 18.0 Å². The number of benzene rings is 2. The van der Waals surface area contributed by atoms with Gasteiger partial charge in [-0.2, -0.15) is 0 Å². The third kappa shape index (κ3) is 4.67. The molecular weight excluding hydrogens is 264 g/mol. The molecule has 0 unspecified atom stereocenters. The van der Waals surface area contributed by atoms with E-state index in [0.717, 1.165) is 19.6 Å². The fraction of sp³-hybridized carbons (Fsp3) is 0.294. The monoisotopic (exact) mass is 286 g/mol. The summed E-state index contributed by atoms with van der Waals surface area (Å²) in [6.45, 7) is 3.50. The molecule has 20 heavy (non-hydrogen) atoms. The first-order valence-electron chi connectivity index (χ1n) is 6.91. The van der Waals surface area contributed by atoms with Gasteiger partial charge in [0.25, 0.3) is 0 Å². The topological polar surface area (TPSA) is 29.3 Å². The van der Waals surface area contributed by atoms with E-state index in [-0.39, 0.29) is 0 Å². The number of nitrogens with two attached hydrogens (primary N) is 1. The molecule has 0 atom stereocenters. The predicted octanol–water partition coefficient (Wildman–Crippen LogP) is 3.37. The zero-order valence-electron chi connectivity index (χ0n) is 12.0. The highest BCUT2D eigenvalue weighted by Gasteiger charge is 2.06. The molecule has 2 aromatic carbocycles. The largest absolute Gasteiger partial charge is 0.329 e. The van der Waals surface area contributed by atoms with E-state index in [1.54, 1.807) is 11.8 Å². The van der Waals surface area contributed by atoms with Crippen LogP contribution in [0, 0.1) is 0 Å². The molecule has 0 aliphatic carbocycles. The number of nitrogens with zero attached hydrogens (tertiary/aromatic N) is 1. The second-order valence-electron chi connectivity index (χ2n) is 4.83. The second kappa shape index (κ2) is 8.10. The summed E-state index contributed by atoms with van der Waals surface area (Å²) in [5, 5.41) is 0. The minimum atomic E-state index is 0.690. The highest BCUT2D eigenvalue weighted by atomic mass is 32.2. The van der Waals surface area contributed by atoms with Crippen molar-refractivity contribution >= 4 is 11.8 Å². The van der Waals surface area contributed by atoms with Crippen LogP contribution in [0.2, 0.25) is 0 Å². The molecule has 2 aromatic rings. The Bertz CT molecular complexity index is 496. The highest BCUT2D eigenvalue weighted by molar-refractivity contribution is 7.98. The maximum atomic E-state index is 5.74. The summed E-state index contributed by atoms with van der Waals surface area (Å²) >= 11 is 1.78. The van der Waals surface area contributed by atoms with Gasteiger partial charge in [0.05, 0.1) is 0 Å². The number of hydrogen-bond donors (Lipinski definition) is 1. The van der Waals surface area contributed by atoms with Gasteiger partial charge < -0.3 is 5.73 Å². The maximum Gasteiger partial charge on any atom is 0.0237 e. The summed E-state index contributed by atoms with van der Waals surface area (Å²) in [4.78, 5) is 3.70. The van der Waals surface area contributed by atoms with Gasteiger partial charge in [0.15, 0.2) is 0 Å². The average molecular weight is 286 g/mol. The number of thioether (sulfide) groups is 1. The van der Waals surface area contributed by atoms with E-state index in [4.69, 9.17) is 5.73 Å². The van der Waals surface area contributed by atoms with Crippen LogP contribution in [0.4, 0.5) is 0 Å². The van der Waals surface area contributed by atoms with Gasteiger partial charge >= 0.3 is 0 Å². The van der Waals surface area contributed by atoms with Crippen molar-refractivity contribution in [2.75, 3.05) is 19.3 Å². The highest BCUT2D eigenvalue weighted by Crippen LogP contribution is 2.16. The normalized spacial score (nSPS) is 10.9.